The number of carbonyl (C=O) groups excluding carboxylic acids is 1. The van der Waals surface area contributed by atoms with Crippen molar-refractivity contribution in [1.29, 1.82) is 0 Å². The van der Waals surface area contributed by atoms with Crippen molar-refractivity contribution in [2.45, 2.75) is 13.3 Å². The van der Waals surface area contributed by atoms with Gasteiger partial charge in [0.05, 0.1) is 11.5 Å². The van der Waals surface area contributed by atoms with Crippen LogP contribution in [-0.4, -0.2) is 28.9 Å². The summed E-state index contributed by atoms with van der Waals surface area (Å²) >= 11 is 4.93. The molecule has 0 saturated heterocycles. The summed E-state index contributed by atoms with van der Waals surface area (Å²) in [5.74, 6) is -0.0172. The van der Waals surface area contributed by atoms with Crippen LogP contribution < -0.4 is 5.73 Å². The van der Waals surface area contributed by atoms with Crippen molar-refractivity contribution in [3.63, 3.8) is 0 Å². The SMILES string of the molecule is CCCN(CC(N)=S)C(=O)c1cccc2ccccc12. The van der Waals surface area contributed by atoms with Gasteiger partial charge in [0.15, 0.2) is 0 Å². The first kappa shape index (κ1) is 14.5. The largest absolute Gasteiger partial charge is 0.392 e. The predicted octanol–water partition coefficient (Wildman–Crippen LogP) is 2.98. The quantitative estimate of drug-likeness (QED) is 0.860. The second-order valence-electron chi connectivity index (χ2n) is 4.72. The molecule has 0 fully saturated rings. The number of thiocarbonyl (C=S) groups is 1. The van der Waals surface area contributed by atoms with E-state index in [1.807, 2.05) is 49.4 Å². The van der Waals surface area contributed by atoms with Crippen LogP contribution in [0.3, 0.4) is 0 Å². The molecular weight excluding hydrogens is 268 g/mol. The molecule has 2 aromatic rings. The third kappa shape index (κ3) is 3.14. The smallest absolute Gasteiger partial charge is 0.254 e. The highest BCUT2D eigenvalue weighted by molar-refractivity contribution is 7.80. The van der Waals surface area contributed by atoms with Crippen molar-refractivity contribution in [2.75, 3.05) is 13.1 Å². The van der Waals surface area contributed by atoms with E-state index in [0.717, 1.165) is 17.2 Å². The molecule has 0 aliphatic rings. The second-order valence-corrected chi connectivity index (χ2v) is 5.24. The van der Waals surface area contributed by atoms with Gasteiger partial charge in [-0.2, -0.15) is 0 Å². The standard InChI is InChI=1S/C16H18N2OS/c1-2-10-18(11-15(17)20)16(19)14-9-5-7-12-6-3-4-8-13(12)14/h3-9H,2,10-11H2,1H3,(H2,17,20). The normalized spacial score (nSPS) is 10.4. The molecule has 0 aliphatic heterocycles. The zero-order chi connectivity index (χ0) is 14.5. The summed E-state index contributed by atoms with van der Waals surface area (Å²) in [7, 11) is 0. The van der Waals surface area contributed by atoms with Gasteiger partial charge in [0.2, 0.25) is 0 Å². The van der Waals surface area contributed by atoms with Gasteiger partial charge in [-0.25, -0.2) is 0 Å². The highest BCUT2D eigenvalue weighted by Crippen LogP contribution is 2.20. The number of benzene rings is 2. The molecular formula is C16H18N2OS. The molecule has 104 valence electrons. The van der Waals surface area contributed by atoms with E-state index in [4.69, 9.17) is 18.0 Å². The minimum atomic E-state index is -0.0172. The van der Waals surface area contributed by atoms with Gasteiger partial charge in [-0.3, -0.25) is 4.79 Å². The van der Waals surface area contributed by atoms with E-state index in [1.54, 1.807) is 4.90 Å². The molecule has 0 aromatic heterocycles. The monoisotopic (exact) mass is 286 g/mol. The van der Waals surface area contributed by atoms with Crippen LogP contribution in [-0.2, 0) is 0 Å². The summed E-state index contributed by atoms with van der Waals surface area (Å²) in [6, 6.07) is 13.6. The summed E-state index contributed by atoms with van der Waals surface area (Å²) in [4.78, 5) is 14.7. The fraction of sp³-hybridized carbons (Fsp3) is 0.250. The Morgan fingerprint density at radius 1 is 1.20 bits per heavy atom. The molecule has 0 heterocycles. The van der Waals surface area contributed by atoms with Gasteiger partial charge in [-0.1, -0.05) is 55.5 Å². The van der Waals surface area contributed by atoms with Gasteiger partial charge in [0, 0.05) is 12.1 Å². The van der Waals surface area contributed by atoms with Crippen LogP contribution in [0.5, 0.6) is 0 Å². The number of hydrogen-bond donors (Lipinski definition) is 1. The Kier molecular flexibility index (Phi) is 4.69. The minimum Gasteiger partial charge on any atom is -0.392 e. The Bertz CT molecular complexity index is 634. The fourth-order valence-electron chi connectivity index (χ4n) is 2.29. The van der Waals surface area contributed by atoms with Gasteiger partial charge in [-0.15, -0.1) is 0 Å². The highest BCUT2D eigenvalue weighted by atomic mass is 32.1. The highest BCUT2D eigenvalue weighted by Gasteiger charge is 2.17. The topological polar surface area (TPSA) is 46.3 Å². The molecule has 4 heteroatoms. The molecule has 2 aromatic carbocycles. The number of rotatable bonds is 5. The second kappa shape index (κ2) is 6.48. The summed E-state index contributed by atoms with van der Waals surface area (Å²) < 4.78 is 0. The van der Waals surface area contributed by atoms with E-state index in [2.05, 4.69) is 0 Å². The van der Waals surface area contributed by atoms with Crippen LogP contribution in [0.2, 0.25) is 0 Å². The predicted molar refractivity (Wildman–Crippen MR) is 86.9 cm³/mol. The molecule has 0 unspecified atom stereocenters. The first-order valence-electron chi connectivity index (χ1n) is 6.69. The molecule has 3 nitrogen and oxygen atoms in total. The van der Waals surface area contributed by atoms with Crippen LogP contribution >= 0.6 is 12.2 Å². The lowest BCUT2D eigenvalue weighted by Crippen LogP contribution is -2.38. The molecule has 0 radical (unpaired) electrons. The summed E-state index contributed by atoms with van der Waals surface area (Å²) in [6.07, 6.45) is 0.874. The molecule has 1 amide bonds. The Hall–Kier alpha value is -1.94. The number of nitrogens with two attached hydrogens (primary N) is 1. The van der Waals surface area contributed by atoms with Gasteiger partial charge in [0.1, 0.15) is 0 Å². The lowest BCUT2D eigenvalue weighted by atomic mass is 10.0. The molecule has 0 bridgehead atoms. The zero-order valence-electron chi connectivity index (χ0n) is 11.5. The van der Waals surface area contributed by atoms with E-state index in [0.29, 0.717) is 23.6 Å². The van der Waals surface area contributed by atoms with Crippen LogP contribution in [0.1, 0.15) is 23.7 Å². The first-order valence-corrected chi connectivity index (χ1v) is 7.09. The molecule has 0 spiro atoms. The maximum absolute atomic E-state index is 12.7. The van der Waals surface area contributed by atoms with Crippen molar-refractivity contribution >= 4 is 33.9 Å². The van der Waals surface area contributed by atoms with Gasteiger partial charge in [0.25, 0.3) is 5.91 Å². The average Bonchev–Trinajstić information content (AvgIpc) is 2.45. The Labute approximate surface area is 124 Å². The molecule has 2 rings (SSSR count). The van der Waals surface area contributed by atoms with Crippen LogP contribution in [0.25, 0.3) is 10.8 Å². The van der Waals surface area contributed by atoms with E-state index in [-0.39, 0.29) is 5.91 Å². The Morgan fingerprint density at radius 2 is 1.90 bits per heavy atom. The maximum atomic E-state index is 12.7. The number of fused-ring (bicyclic) bond motifs is 1. The van der Waals surface area contributed by atoms with Gasteiger partial charge < -0.3 is 10.6 Å². The van der Waals surface area contributed by atoms with Crippen molar-refractivity contribution in [2.24, 2.45) is 5.73 Å². The summed E-state index contributed by atoms with van der Waals surface area (Å²) in [5, 5.41) is 2.02. The third-order valence-electron chi connectivity index (χ3n) is 3.15. The number of carbonyl (C=O) groups is 1. The number of nitrogens with zero attached hydrogens (tertiary/aromatic N) is 1. The lowest BCUT2D eigenvalue weighted by Gasteiger charge is -2.22. The molecule has 0 atom stereocenters. The Morgan fingerprint density at radius 3 is 2.60 bits per heavy atom. The van der Waals surface area contributed by atoms with Crippen LogP contribution in [0.4, 0.5) is 0 Å². The third-order valence-corrected chi connectivity index (χ3v) is 3.28. The number of amides is 1. The minimum absolute atomic E-state index is 0.0172. The van der Waals surface area contributed by atoms with Gasteiger partial charge in [-0.05, 0) is 23.3 Å². The molecule has 2 N–H and O–H groups in total. The molecule has 20 heavy (non-hydrogen) atoms. The van der Waals surface area contributed by atoms with Crippen molar-refractivity contribution < 1.29 is 4.79 Å². The Balaban J connectivity index is 2.40. The summed E-state index contributed by atoms with van der Waals surface area (Å²) in [5.41, 5.74) is 6.29. The molecule has 0 saturated carbocycles. The molecule has 0 aliphatic carbocycles. The van der Waals surface area contributed by atoms with Gasteiger partial charge >= 0.3 is 0 Å². The lowest BCUT2D eigenvalue weighted by molar-refractivity contribution is 0.0782. The number of hydrogen-bond acceptors (Lipinski definition) is 2. The van der Waals surface area contributed by atoms with E-state index >= 15 is 0 Å². The van der Waals surface area contributed by atoms with Crippen molar-refractivity contribution in [3.8, 4) is 0 Å². The van der Waals surface area contributed by atoms with E-state index in [1.165, 1.54) is 0 Å². The van der Waals surface area contributed by atoms with Crippen molar-refractivity contribution in [3.05, 3.63) is 48.0 Å². The van der Waals surface area contributed by atoms with Crippen LogP contribution in [0, 0.1) is 0 Å². The maximum Gasteiger partial charge on any atom is 0.254 e. The fourth-order valence-corrected chi connectivity index (χ4v) is 2.45. The summed E-state index contributed by atoms with van der Waals surface area (Å²) in [6.45, 7) is 3.01. The first-order chi connectivity index (χ1) is 9.63. The zero-order valence-corrected chi connectivity index (χ0v) is 12.3. The van der Waals surface area contributed by atoms with Crippen LogP contribution in [0.15, 0.2) is 42.5 Å². The van der Waals surface area contributed by atoms with Crippen molar-refractivity contribution in [1.82, 2.24) is 4.90 Å². The average molecular weight is 286 g/mol. The van der Waals surface area contributed by atoms with E-state index in [9.17, 15) is 4.79 Å². The van der Waals surface area contributed by atoms with E-state index < -0.39 is 0 Å².